The molecule has 0 spiro atoms. The van der Waals surface area contributed by atoms with Crippen molar-refractivity contribution in [2.75, 3.05) is 13.1 Å². The van der Waals surface area contributed by atoms with Crippen LogP contribution in [-0.2, 0) is 9.53 Å². The molecule has 1 aliphatic heterocycles. The largest absolute Gasteiger partial charge is 0.545 e. The predicted octanol–water partition coefficient (Wildman–Crippen LogP) is 0.303. The zero-order valence-electron chi connectivity index (χ0n) is 9.78. The van der Waals surface area contributed by atoms with Crippen LogP contribution in [-0.4, -0.2) is 35.7 Å². The molecule has 0 saturated heterocycles. The van der Waals surface area contributed by atoms with Gasteiger partial charge in [0.15, 0.2) is 0 Å². The first-order valence-electron chi connectivity index (χ1n) is 5.18. The van der Waals surface area contributed by atoms with Crippen molar-refractivity contribution in [1.29, 1.82) is 0 Å². The summed E-state index contributed by atoms with van der Waals surface area (Å²) in [5.41, 5.74) is -0.282. The average Bonchev–Trinajstić information content (AvgIpc) is 2.15. The van der Waals surface area contributed by atoms with Gasteiger partial charge >= 0.3 is 6.09 Å². The number of hydrogen-bond donors (Lipinski definition) is 0. The van der Waals surface area contributed by atoms with Gasteiger partial charge in [0.1, 0.15) is 5.60 Å². The molecule has 16 heavy (non-hydrogen) atoms. The van der Waals surface area contributed by atoms with Crippen molar-refractivity contribution < 1.29 is 19.4 Å². The predicted molar refractivity (Wildman–Crippen MR) is 55.5 cm³/mol. The third-order valence-corrected chi connectivity index (χ3v) is 2.12. The number of aliphatic carboxylic acids is 1. The van der Waals surface area contributed by atoms with Gasteiger partial charge in [-0.25, -0.2) is 4.79 Å². The molecule has 1 heterocycles. The summed E-state index contributed by atoms with van der Waals surface area (Å²) >= 11 is 0. The van der Waals surface area contributed by atoms with Gasteiger partial charge in [-0.1, -0.05) is 6.08 Å². The Hall–Kier alpha value is -1.52. The van der Waals surface area contributed by atoms with Crippen LogP contribution < -0.4 is 5.11 Å². The van der Waals surface area contributed by atoms with Crippen LogP contribution in [0, 0.1) is 0 Å². The number of carboxylic acid groups (broad SMARTS) is 1. The fourth-order valence-corrected chi connectivity index (χ4v) is 1.35. The van der Waals surface area contributed by atoms with E-state index in [2.05, 4.69) is 0 Å². The highest BCUT2D eigenvalue weighted by Crippen LogP contribution is 2.14. The summed E-state index contributed by atoms with van der Waals surface area (Å²) in [7, 11) is 0. The zero-order valence-corrected chi connectivity index (χ0v) is 9.78. The van der Waals surface area contributed by atoms with Gasteiger partial charge in [-0.15, -0.1) is 0 Å². The lowest BCUT2D eigenvalue weighted by molar-refractivity contribution is -0.299. The SMILES string of the molecule is CC(C)(C)OC(=O)N1CC=C(C(=O)[O-])CC1. The Kier molecular flexibility index (Phi) is 3.57. The molecular formula is C11H16NO4-. The van der Waals surface area contributed by atoms with Gasteiger partial charge in [-0.2, -0.15) is 0 Å². The van der Waals surface area contributed by atoms with Gasteiger partial charge in [0, 0.05) is 13.1 Å². The molecule has 0 aromatic carbocycles. The molecule has 1 aliphatic rings. The van der Waals surface area contributed by atoms with E-state index in [-0.39, 0.29) is 12.1 Å². The highest BCUT2D eigenvalue weighted by Gasteiger charge is 2.23. The number of carbonyl (C=O) groups is 2. The first-order chi connectivity index (χ1) is 7.29. The van der Waals surface area contributed by atoms with E-state index in [4.69, 9.17) is 4.74 Å². The minimum absolute atomic E-state index is 0.250. The molecule has 0 atom stereocenters. The lowest BCUT2D eigenvalue weighted by Gasteiger charge is -2.29. The molecule has 90 valence electrons. The number of carbonyl (C=O) groups excluding carboxylic acids is 2. The smallest absolute Gasteiger partial charge is 0.410 e. The van der Waals surface area contributed by atoms with Crippen molar-refractivity contribution in [3.8, 4) is 0 Å². The fraction of sp³-hybridized carbons (Fsp3) is 0.636. The average molecular weight is 226 g/mol. The van der Waals surface area contributed by atoms with E-state index in [0.717, 1.165) is 0 Å². The molecule has 0 aliphatic carbocycles. The number of amides is 1. The van der Waals surface area contributed by atoms with Crippen LogP contribution in [0.4, 0.5) is 4.79 Å². The number of hydrogen-bond acceptors (Lipinski definition) is 4. The summed E-state index contributed by atoms with van der Waals surface area (Å²) in [4.78, 5) is 23.6. The quantitative estimate of drug-likeness (QED) is 0.645. The maximum atomic E-state index is 11.6. The van der Waals surface area contributed by atoms with E-state index in [1.165, 1.54) is 11.0 Å². The van der Waals surface area contributed by atoms with E-state index in [1.807, 2.05) is 0 Å². The van der Waals surface area contributed by atoms with Crippen LogP contribution in [0.2, 0.25) is 0 Å². The topological polar surface area (TPSA) is 69.7 Å². The van der Waals surface area contributed by atoms with Gasteiger partial charge in [-0.3, -0.25) is 0 Å². The Bertz CT molecular complexity index is 327. The molecular weight excluding hydrogens is 210 g/mol. The summed E-state index contributed by atoms with van der Waals surface area (Å²) < 4.78 is 5.17. The van der Waals surface area contributed by atoms with Crippen molar-refractivity contribution in [3.63, 3.8) is 0 Å². The second kappa shape index (κ2) is 4.55. The van der Waals surface area contributed by atoms with Crippen LogP contribution in [0.25, 0.3) is 0 Å². The standard InChI is InChI=1S/C11H17NO4/c1-11(2,3)16-10(15)12-6-4-8(5-7-12)9(13)14/h4H,5-7H2,1-3H3,(H,13,14)/p-1. The van der Waals surface area contributed by atoms with Crippen LogP contribution in [0.1, 0.15) is 27.2 Å². The third-order valence-electron chi connectivity index (χ3n) is 2.12. The summed E-state index contributed by atoms with van der Waals surface area (Å²) in [6.07, 6.45) is 1.38. The molecule has 0 fully saturated rings. The Labute approximate surface area is 94.7 Å². The van der Waals surface area contributed by atoms with Gasteiger partial charge in [0.2, 0.25) is 0 Å². The lowest BCUT2D eigenvalue weighted by atomic mass is 10.1. The summed E-state index contributed by atoms with van der Waals surface area (Å²) in [6.45, 7) is 5.98. The van der Waals surface area contributed by atoms with Crippen LogP contribution in [0.3, 0.4) is 0 Å². The Morgan fingerprint density at radius 1 is 1.44 bits per heavy atom. The zero-order chi connectivity index (χ0) is 12.3. The molecule has 0 N–H and O–H groups in total. The number of nitrogens with zero attached hydrogens (tertiary/aromatic N) is 1. The van der Waals surface area contributed by atoms with Crippen LogP contribution in [0.5, 0.6) is 0 Å². The molecule has 0 saturated carbocycles. The van der Waals surface area contributed by atoms with E-state index < -0.39 is 17.7 Å². The van der Waals surface area contributed by atoms with Gasteiger partial charge in [-0.05, 0) is 32.8 Å². The Balaban J connectivity index is 2.54. The molecule has 1 rings (SSSR count). The summed E-state index contributed by atoms with van der Waals surface area (Å²) in [5.74, 6) is -1.16. The normalized spacial score (nSPS) is 16.7. The second-order valence-electron chi connectivity index (χ2n) is 4.69. The summed E-state index contributed by atoms with van der Waals surface area (Å²) in [6, 6.07) is 0. The first-order valence-corrected chi connectivity index (χ1v) is 5.18. The van der Waals surface area contributed by atoms with E-state index in [9.17, 15) is 14.7 Å². The van der Waals surface area contributed by atoms with E-state index in [0.29, 0.717) is 13.0 Å². The maximum absolute atomic E-state index is 11.6. The van der Waals surface area contributed by atoms with E-state index >= 15 is 0 Å². The van der Waals surface area contributed by atoms with Crippen molar-refractivity contribution in [2.24, 2.45) is 0 Å². The maximum Gasteiger partial charge on any atom is 0.410 e. The van der Waals surface area contributed by atoms with Crippen molar-refractivity contribution >= 4 is 12.1 Å². The summed E-state index contributed by atoms with van der Waals surface area (Å²) in [5, 5.41) is 10.5. The van der Waals surface area contributed by atoms with Crippen LogP contribution in [0.15, 0.2) is 11.6 Å². The minimum Gasteiger partial charge on any atom is -0.545 e. The minimum atomic E-state index is -1.16. The van der Waals surface area contributed by atoms with E-state index in [1.54, 1.807) is 20.8 Å². The fourth-order valence-electron chi connectivity index (χ4n) is 1.35. The molecule has 0 aromatic heterocycles. The monoisotopic (exact) mass is 226 g/mol. The van der Waals surface area contributed by atoms with Gasteiger partial charge < -0.3 is 19.5 Å². The van der Waals surface area contributed by atoms with Gasteiger partial charge in [0.05, 0.1) is 5.97 Å². The molecule has 0 unspecified atom stereocenters. The lowest BCUT2D eigenvalue weighted by Crippen LogP contribution is -2.41. The molecule has 0 radical (unpaired) electrons. The van der Waals surface area contributed by atoms with Gasteiger partial charge in [0.25, 0.3) is 0 Å². The Morgan fingerprint density at radius 3 is 2.44 bits per heavy atom. The highest BCUT2D eigenvalue weighted by molar-refractivity contribution is 5.85. The molecule has 5 heteroatoms. The number of carboxylic acids is 1. The van der Waals surface area contributed by atoms with Crippen molar-refractivity contribution in [3.05, 3.63) is 11.6 Å². The molecule has 1 amide bonds. The first kappa shape index (κ1) is 12.5. The number of ether oxygens (including phenoxy) is 1. The highest BCUT2D eigenvalue weighted by atomic mass is 16.6. The van der Waals surface area contributed by atoms with Crippen molar-refractivity contribution in [2.45, 2.75) is 32.8 Å². The van der Waals surface area contributed by atoms with Crippen molar-refractivity contribution in [1.82, 2.24) is 4.90 Å². The van der Waals surface area contributed by atoms with Crippen LogP contribution >= 0.6 is 0 Å². The third kappa shape index (κ3) is 3.56. The molecule has 0 bridgehead atoms. The molecule has 5 nitrogen and oxygen atoms in total. The molecule has 0 aromatic rings. The second-order valence-corrected chi connectivity index (χ2v) is 4.69. The Morgan fingerprint density at radius 2 is 2.06 bits per heavy atom. The number of rotatable bonds is 1.